The molecule has 0 saturated carbocycles. The minimum absolute atomic E-state index is 0.0113. The van der Waals surface area contributed by atoms with Crippen LogP contribution >= 0.6 is 0 Å². The van der Waals surface area contributed by atoms with Crippen LogP contribution in [0.4, 0.5) is 0 Å². The molecule has 0 spiro atoms. The summed E-state index contributed by atoms with van der Waals surface area (Å²) >= 11 is 0. The van der Waals surface area contributed by atoms with Crippen molar-refractivity contribution in [3.63, 3.8) is 0 Å². The molecule has 0 amide bonds. The third kappa shape index (κ3) is 2.59. The molecule has 108 valence electrons. The Morgan fingerprint density at radius 3 is 1.40 bits per heavy atom. The van der Waals surface area contributed by atoms with E-state index < -0.39 is 0 Å². The highest BCUT2D eigenvalue weighted by molar-refractivity contribution is 5.98. The van der Waals surface area contributed by atoms with Crippen molar-refractivity contribution in [2.75, 3.05) is 0 Å². The number of fused-ring (bicyclic) bond motifs is 1. The fraction of sp³-hybridized carbons (Fsp3) is 0.375. The van der Waals surface area contributed by atoms with Gasteiger partial charge in [-0.25, -0.2) is 0 Å². The van der Waals surface area contributed by atoms with Crippen LogP contribution in [0.5, 0.6) is 23.0 Å². The van der Waals surface area contributed by atoms with Gasteiger partial charge in [-0.1, -0.05) is 24.3 Å². The standard InChI is InChI=1S/C16H20O4/c1-9(2)19-15-13(17)11-7-5-6-8-12(11)14(18)16(15)20-10(3)4/h5-10,17-18H,1-4H3. The van der Waals surface area contributed by atoms with Gasteiger partial charge in [0.05, 0.1) is 12.2 Å². The van der Waals surface area contributed by atoms with Crippen LogP contribution in [-0.2, 0) is 0 Å². The number of rotatable bonds is 4. The molecule has 0 aliphatic heterocycles. The van der Waals surface area contributed by atoms with Gasteiger partial charge in [-0.05, 0) is 27.7 Å². The van der Waals surface area contributed by atoms with Gasteiger partial charge in [0.1, 0.15) is 0 Å². The molecule has 0 unspecified atom stereocenters. The summed E-state index contributed by atoms with van der Waals surface area (Å²) < 4.78 is 11.3. The molecule has 0 bridgehead atoms. The molecule has 4 heteroatoms. The molecule has 0 aromatic heterocycles. The van der Waals surface area contributed by atoms with Crippen molar-refractivity contribution in [2.24, 2.45) is 0 Å². The van der Waals surface area contributed by atoms with Gasteiger partial charge in [0, 0.05) is 10.8 Å². The third-order valence-electron chi connectivity index (χ3n) is 2.78. The molecular weight excluding hydrogens is 256 g/mol. The summed E-state index contributed by atoms with van der Waals surface area (Å²) in [5, 5.41) is 21.9. The molecule has 2 aromatic carbocycles. The van der Waals surface area contributed by atoms with Crippen molar-refractivity contribution >= 4 is 10.8 Å². The zero-order valence-electron chi connectivity index (χ0n) is 12.2. The van der Waals surface area contributed by atoms with Gasteiger partial charge in [-0.2, -0.15) is 0 Å². The van der Waals surface area contributed by atoms with Crippen LogP contribution in [0.2, 0.25) is 0 Å². The largest absolute Gasteiger partial charge is 0.504 e. The van der Waals surface area contributed by atoms with Crippen molar-refractivity contribution < 1.29 is 19.7 Å². The van der Waals surface area contributed by atoms with E-state index in [-0.39, 0.29) is 35.2 Å². The predicted molar refractivity (Wildman–Crippen MR) is 78.8 cm³/mol. The summed E-state index contributed by atoms with van der Waals surface area (Å²) in [5.74, 6) is 0.348. The summed E-state index contributed by atoms with van der Waals surface area (Å²) in [6.45, 7) is 7.41. The van der Waals surface area contributed by atoms with Gasteiger partial charge in [0.2, 0.25) is 11.5 Å². The normalized spacial score (nSPS) is 11.3. The van der Waals surface area contributed by atoms with Gasteiger partial charge in [-0.3, -0.25) is 0 Å². The molecule has 0 aliphatic rings. The van der Waals surface area contributed by atoms with Crippen LogP contribution in [0.15, 0.2) is 24.3 Å². The number of phenols is 2. The highest BCUT2D eigenvalue weighted by Crippen LogP contribution is 2.50. The Hall–Kier alpha value is -2.10. The molecule has 0 heterocycles. The second kappa shape index (κ2) is 5.49. The van der Waals surface area contributed by atoms with E-state index in [0.29, 0.717) is 10.8 Å². The number of aromatic hydroxyl groups is 2. The summed E-state index contributed by atoms with van der Waals surface area (Å²) in [7, 11) is 0. The molecular formula is C16H20O4. The van der Waals surface area contributed by atoms with Gasteiger partial charge >= 0.3 is 0 Å². The van der Waals surface area contributed by atoms with Gasteiger partial charge in [0.25, 0.3) is 0 Å². The van der Waals surface area contributed by atoms with Crippen LogP contribution < -0.4 is 9.47 Å². The summed E-state index contributed by atoms with van der Waals surface area (Å²) in [6, 6.07) is 7.06. The Kier molecular flexibility index (Phi) is 3.93. The maximum absolute atomic E-state index is 10.4. The quantitative estimate of drug-likeness (QED) is 0.833. The molecule has 0 radical (unpaired) electrons. The van der Waals surface area contributed by atoms with Crippen molar-refractivity contribution in [2.45, 2.75) is 39.9 Å². The first kappa shape index (κ1) is 14.3. The summed E-state index contributed by atoms with van der Waals surface area (Å²) in [4.78, 5) is 0. The lowest BCUT2D eigenvalue weighted by Crippen LogP contribution is -2.11. The van der Waals surface area contributed by atoms with E-state index in [2.05, 4.69) is 0 Å². The summed E-state index contributed by atoms with van der Waals surface area (Å²) in [5.41, 5.74) is 0. The lowest BCUT2D eigenvalue weighted by Gasteiger charge is -2.20. The molecule has 0 aliphatic carbocycles. The van der Waals surface area contributed by atoms with E-state index in [0.717, 1.165) is 0 Å². The molecule has 2 N–H and O–H groups in total. The monoisotopic (exact) mass is 276 g/mol. The predicted octanol–water partition coefficient (Wildman–Crippen LogP) is 3.83. The van der Waals surface area contributed by atoms with E-state index in [4.69, 9.17) is 9.47 Å². The Morgan fingerprint density at radius 2 is 1.10 bits per heavy atom. The van der Waals surface area contributed by atoms with Crippen molar-refractivity contribution in [1.82, 2.24) is 0 Å². The fourth-order valence-corrected chi connectivity index (χ4v) is 2.05. The first-order valence-corrected chi connectivity index (χ1v) is 6.71. The minimum atomic E-state index is -0.143. The number of hydrogen-bond donors (Lipinski definition) is 2. The average Bonchev–Trinajstić information content (AvgIpc) is 2.39. The lowest BCUT2D eigenvalue weighted by molar-refractivity contribution is 0.187. The molecule has 20 heavy (non-hydrogen) atoms. The van der Waals surface area contributed by atoms with Gasteiger partial charge in [-0.15, -0.1) is 0 Å². The van der Waals surface area contributed by atoms with E-state index in [1.165, 1.54) is 0 Å². The first-order chi connectivity index (χ1) is 9.41. The minimum Gasteiger partial charge on any atom is -0.504 e. The van der Waals surface area contributed by atoms with Crippen molar-refractivity contribution in [1.29, 1.82) is 0 Å². The number of ether oxygens (including phenoxy) is 2. The maximum Gasteiger partial charge on any atom is 0.208 e. The smallest absolute Gasteiger partial charge is 0.208 e. The summed E-state index contributed by atoms with van der Waals surface area (Å²) in [6.07, 6.45) is -0.285. The fourth-order valence-electron chi connectivity index (χ4n) is 2.05. The molecule has 2 rings (SSSR count). The highest BCUT2D eigenvalue weighted by atomic mass is 16.5. The SMILES string of the molecule is CC(C)Oc1c(OC(C)C)c(O)c2ccccc2c1O. The topological polar surface area (TPSA) is 58.9 Å². The molecule has 4 nitrogen and oxygen atoms in total. The second-order valence-corrected chi connectivity index (χ2v) is 5.23. The highest BCUT2D eigenvalue weighted by Gasteiger charge is 2.23. The Bertz CT molecular complexity index is 563. The molecule has 2 aromatic rings. The van der Waals surface area contributed by atoms with Gasteiger partial charge < -0.3 is 19.7 Å². The van der Waals surface area contributed by atoms with Crippen LogP contribution in [0.1, 0.15) is 27.7 Å². The van der Waals surface area contributed by atoms with E-state index in [1.807, 2.05) is 27.7 Å². The van der Waals surface area contributed by atoms with E-state index >= 15 is 0 Å². The Balaban J connectivity index is 2.74. The van der Waals surface area contributed by atoms with Crippen LogP contribution in [0, 0.1) is 0 Å². The number of phenolic OH excluding ortho intramolecular Hbond substituents is 2. The third-order valence-corrected chi connectivity index (χ3v) is 2.78. The number of benzene rings is 2. The van der Waals surface area contributed by atoms with Crippen molar-refractivity contribution in [3.8, 4) is 23.0 Å². The molecule has 0 saturated heterocycles. The van der Waals surface area contributed by atoms with E-state index in [1.54, 1.807) is 24.3 Å². The van der Waals surface area contributed by atoms with Crippen molar-refractivity contribution in [3.05, 3.63) is 24.3 Å². The lowest BCUT2D eigenvalue weighted by atomic mass is 10.1. The zero-order chi connectivity index (χ0) is 14.9. The number of hydrogen-bond acceptors (Lipinski definition) is 4. The van der Waals surface area contributed by atoms with Crippen LogP contribution in [-0.4, -0.2) is 22.4 Å². The Labute approximate surface area is 118 Å². The van der Waals surface area contributed by atoms with Crippen LogP contribution in [0.3, 0.4) is 0 Å². The Morgan fingerprint density at radius 1 is 0.750 bits per heavy atom. The second-order valence-electron chi connectivity index (χ2n) is 5.23. The molecule has 0 atom stereocenters. The van der Waals surface area contributed by atoms with Gasteiger partial charge in [0.15, 0.2) is 11.5 Å². The molecule has 0 fully saturated rings. The first-order valence-electron chi connectivity index (χ1n) is 6.71. The maximum atomic E-state index is 10.4. The van der Waals surface area contributed by atoms with E-state index in [9.17, 15) is 10.2 Å². The average molecular weight is 276 g/mol. The zero-order valence-corrected chi connectivity index (χ0v) is 12.2. The van der Waals surface area contributed by atoms with Crippen LogP contribution in [0.25, 0.3) is 10.8 Å².